The van der Waals surface area contributed by atoms with E-state index in [4.69, 9.17) is 6.42 Å². The van der Waals surface area contributed by atoms with Crippen molar-refractivity contribution in [3.8, 4) is 12.3 Å². The van der Waals surface area contributed by atoms with E-state index in [9.17, 15) is 4.79 Å². The van der Waals surface area contributed by atoms with Crippen molar-refractivity contribution >= 4 is 34.6 Å². The van der Waals surface area contributed by atoms with Crippen molar-refractivity contribution in [2.45, 2.75) is 6.54 Å². The highest BCUT2D eigenvalue weighted by Gasteiger charge is 2.06. The number of terminal acetylenes is 1. The SMILES string of the molecule is C#Cc1ccc2nc(Nc3cc(CN(C)C)cc(NC=O)c3)ncc2c1. The fourth-order valence-corrected chi connectivity index (χ4v) is 2.68. The Kier molecular flexibility index (Phi) is 5.11. The number of aromatic nitrogens is 2. The molecule has 2 aromatic carbocycles. The molecule has 6 nitrogen and oxygen atoms in total. The molecule has 0 saturated carbocycles. The van der Waals surface area contributed by atoms with E-state index in [0.717, 1.165) is 34.3 Å². The molecule has 1 aromatic heterocycles. The Morgan fingerprint density at radius 1 is 1.19 bits per heavy atom. The summed E-state index contributed by atoms with van der Waals surface area (Å²) in [5.74, 6) is 3.08. The number of rotatable bonds is 6. The minimum atomic E-state index is 0.477. The lowest BCUT2D eigenvalue weighted by atomic mass is 10.1. The van der Waals surface area contributed by atoms with Gasteiger partial charge in [0.25, 0.3) is 0 Å². The molecule has 1 amide bonds. The maximum Gasteiger partial charge on any atom is 0.227 e. The van der Waals surface area contributed by atoms with E-state index in [0.29, 0.717) is 18.0 Å². The number of benzene rings is 2. The molecule has 0 atom stereocenters. The number of anilines is 3. The molecule has 0 aliphatic carbocycles. The summed E-state index contributed by atoms with van der Waals surface area (Å²) < 4.78 is 0. The van der Waals surface area contributed by atoms with Gasteiger partial charge in [0, 0.05) is 35.1 Å². The Hall–Kier alpha value is -3.43. The van der Waals surface area contributed by atoms with Crippen LogP contribution in [0.4, 0.5) is 17.3 Å². The van der Waals surface area contributed by atoms with E-state index in [1.54, 1.807) is 6.20 Å². The fraction of sp³-hybridized carbons (Fsp3) is 0.150. The van der Waals surface area contributed by atoms with Crippen molar-refractivity contribution in [1.29, 1.82) is 0 Å². The molecule has 26 heavy (non-hydrogen) atoms. The molecular weight excluding hydrogens is 326 g/mol. The standard InChI is InChI=1S/C20H19N5O/c1-4-14-5-6-19-16(7-14)11-21-20(24-19)23-18-9-15(12-25(2)3)8-17(10-18)22-13-26/h1,5-11,13H,12H2,2-3H3,(H,22,26)(H,21,23,24). The van der Waals surface area contributed by atoms with Gasteiger partial charge >= 0.3 is 0 Å². The Balaban J connectivity index is 1.91. The third-order valence-electron chi connectivity index (χ3n) is 3.72. The van der Waals surface area contributed by atoms with Crippen molar-refractivity contribution in [3.05, 3.63) is 53.7 Å². The Morgan fingerprint density at radius 3 is 2.73 bits per heavy atom. The number of nitrogens with one attached hydrogen (secondary N) is 2. The summed E-state index contributed by atoms with van der Waals surface area (Å²) in [7, 11) is 3.98. The molecule has 0 radical (unpaired) electrons. The topological polar surface area (TPSA) is 70.2 Å². The number of carbonyl (C=O) groups excluding carboxylic acids is 1. The van der Waals surface area contributed by atoms with Crippen molar-refractivity contribution in [2.75, 3.05) is 24.7 Å². The Bertz CT molecular complexity index is 991. The van der Waals surface area contributed by atoms with Gasteiger partial charge in [0.05, 0.1) is 5.52 Å². The van der Waals surface area contributed by atoms with Gasteiger partial charge in [-0.3, -0.25) is 4.79 Å². The van der Waals surface area contributed by atoms with Crippen LogP contribution >= 0.6 is 0 Å². The van der Waals surface area contributed by atoms with Gasteiger partial charge in [-0.15, -0.1) is 6.42 Å². The molecule has 1 heterocycles. The first kappa shape index (κ1) is 17.4. The van der Waals surface area contributed by atoms with Crippen LogP contribution in [0, 0.1) is 12.3 Å². The van der Waals surface area contributed by atoms with Crippen LogP contribution in [0.1, 0.15) is 11.1 Å². The quantitative estimate of drug-likeness (QED) is 0.531. The van der Waals surface area contributed by atoms with Gasteiger partial charge in [-0.2, -0.15) is 0 Å². The normalized spacial score (nSPS) is 10.5. The van der Waals surface area contributed by atoms with Crippen LogP contribution in [0.15, 0.2) is 42.6 Å². The van der Waals surface area contributed by atoms with Crippen LogP contribution < -0.4 is 10.6 Å². The van der Waals surface area contributed by atoms with Crippen molar-refractivity contribution in [1.82, 2.24) is 14.9 Å². The number of fused-ring (bicyclic) bond motifs is 1. The molecule has 3 aromatic rings. The van der Waals surface area contributed by atoms with Crippen LogP contribution in [0.5, 0.6) is 0 Å². The first-order valence-electron chi connectivity index (χ1n) is 8.07. The number of hydrogen-bond acceptors (Lipinski definition) is 5. The summed E-state index contributed by atoms with van der Waals surface area (Å²) in [5.41, 5.74) is 4.17. The first-order valence-corrected chi connectivity index (χ1v) is 8.07. The minimum absolute atomic E-state index is 0.477. The molecule has 6 heteroatoms. The molecule has 0 aliphatic rings. The van der Waals surface area contributed by atoms with E-state index in [2.05, 4.69) is 31.4 Å². The zero-order valence-corrected chi connectivity index (χ0v) is 14.7. The molecule has 0 saturated heterocycles. The third-order valence-corrected chi connectivity index (χ3v) is 3.72. The van der Waals surface area contributed by atoms with Crippen LogP contribution in [0.2, 0.25) is 0 Å². The fourth-order valence-electron chi connectivity index (χ4n) is 2.68. The number of nitrogens with zero attached hydrogens (tertiary/aromatic N) is 3. The van der Waals surface area contributed by atoms with E-state index in [1.165, 1.54) is 0 Å². The monoisotopic (exact) mass is 345 g/mol. The minimum Gasteiger partial charge on any atom is -0.329 e. The molecule has 0 spiro atoms. The number of amides is 1. The smallest absolute Gasteiger partial charge is 0.227 e. The van der Waals surface area contributed by atoms with Crippen LogP contribution in [-0.2, 0) is 11.3 Å². The van der Waals surface area contributed by atoms with E-state index in [1.807, 2.05) is 50.5 Å². The summed E-state index contributed by atoms with van der Waals surface area (Å²) >= 11 is 0. The van der Waals surface area contributed by atoms with Gasteiger partial charge in [-0.25, -0.2) is 9.97 Å². The second-order valence-electron chi connectivity index (χ2n) is 6.16. The van der Waals surface area contributed by atoms with Crippen LogP contribution in [0.25, 0.3) is 10.9 Å². The average Bonchev–Trinajstić information content (AvgIpc) is 2.60. The maximum absolute atomic E-state index is 10.8. The molecule has 3 rings (SSSR count). The molecule has 0 aliphatic heterocycles. The van der Waals surface area contributed by atoms with Gasteiger partial charge in [0.1, 0.15) is 0 Å². The Morgan fingerprint density at radius 2 is 2.00 bits per heavy atom. The van der Waals surface area contributed by atoms with Gasteiger partial charge in [0.15, 0.2) is 0 Å². The molecule has 0 bridgehead atoms. The van der Waals surface area contributed by atoms with Gasteiger partial charge in [-0.1, -0.05) is 5.92 Å². The lowest BCUT2D eigenvalue weighted by molar-refractivity contribution is -0.105. The Labute approximate surface area is 152 Å². The highest BCUT2D eigenvalue weighted by Crippen LogP contribution is 2.23. The lowest BCUT2D eigenvalue weighted by Gasteiger charge is -2.14. The van der Waals surface area contributed by atoms with Crippen LogP contribution in [-0.4, -0.2) is 35.4 Å². The summed E-state index contributed by atoms with van der Waals surface area (Å²) in [6, 6.07) is 11.4. The largest absolute Gasteiger partial charge is 0.329 e. The summed E-state index contributed by atoms with van der Waals surface area (Å²) in [4.78, 5) is 21.7. The maximum atomic E-state index is 10.8. The van der Waals surface area contributed by atoms with Gasteiger partial charge in [0.2, 0.25) is 12.4 Å². The van der Waals surface area contributed by atoms with E-state index < -0.39 is 0 Å². The molecule has 0 unspecified atom stereocenters. The van der Waals surface area contributed by atoms with Gasteiger partial charge in [-0.05, 0) is 56.1 Å². The second-order valence-corrected chi connectivity index (χ2v) is 6.16. The molecule has 130 valence electrons. The zero-order valence-electron chi connectivity index (χ0n) is 14.7. The zero-order chi connectivity index (χ0) is 18.5. The molecular formula is C20H19N5O. The third kappa shape index (κ3) is 4.15. The second kappa shape index (κ2) is 7.64. The number of carbonyl (C=O) groups is 1. The van der Waals surface area contributed by atoms with Gasteiger partial charge < -0.3 is 15.5 Å². The van der Waals surface area contributed by atoms with Crippen LogP contribution in [0.3, 0.4) is 0 Å². The number of hydrogen-bond donors (Lipinski definition) is 2. The van der Waals surface area contributed by atoms with E-state index in [-0.39, 0.29) is 0 Å². The highest BCUT2D eigenvalue weighted by molar-refractivity contribution is 5.81. The van der Waals surface area contributed by atoms with Crippen molar-refractivity contribution in [2.24, 2.45) is 0 Å². The van der Waals surface area contributed by atoms with E-state index >= 15 is 0 Å². The summed E-state index contributed by atoms with van der Waals surface area (Å²) in [6.07, 6.45) is 7.82. The van der Waals surface area contributed by atoms with Crippen molar-refractivity contribution < 1.29 is 4.79 Å². The molecule has 2 N–H and O–H groups in total. The predicted octanol–water partition coefficient (Wildman–Crippen LogP) is 2.98. The highest BCUT2D eigenvalue weighted by atomic mass is 16.1. The summed E-state index contributed by atoms with van der Waals surface area (Å²) in [6.45, 7) is 0.747. The first-order chi connectivity index (χ1) is 12.6. The summed E-state index contributed by atoms with van der Waals surface area (Å²) in [5, 5.41) is 6.78. The predicted molar refractivity (Wildman–Crippen MR) is 104 cm³/mol. The van der Waals surface area contributed by atoms with Crippen molar-refractivity contribution in [3.63, 3.8) is 0 Å². The lowest BCUT2D eigenvalue weighted by Crippen LogP contribution is -2.11. The molecule has 0 fully saturated rings. The average molecular weight is 345 g/mol.